The van der Waals surface area contributed by atoms with Gasteiger partial charge in [-0.3, -0.25) is 4.79 Å². The average molecular weight is 433 g/mol. The van der Waals surface area contributed by atoms with Crippen LogP contribution in [0.25, 0.3) is 0 Å². The molecule has 2 heterocycles. The van der Waals surface area contributed by atoms with E-state index in [4.69, 9.17) is 16.4 Å². The third kappa shape index (κ3) is 3.60. The second-order valence-electron chi connectivity index (χ2n) is 7.81. The number of benzene rings is 3. The summed E-state index contributed by atoms with van der Waals surface area (Å²) in [5, 5.41) is 15.7. The van der Waals surface area contributed by atoms with Gasteiger partial charge in [0, 0.05) is 23.0 Å². The van der Waals surface area contributed by atoms with Gasteiger partial charge in [0.05, 0.1) is 0 Å². The first-order chi connectivity index (χ1) is 15.1. The van der Waals surface area contributed by atoms with E-state index >= 15 is 0 Å². The summed E-state index contributed by atoms with van der Waals surface area (Å²) < 4.78 is 0. The number of carbonyl (C=O) groups is 1. The summed E-state index contributed by atoms with van der Waals surface area (Å²) in [5.74, 6) is -0.889. The van der Waals surface area contributed by atoms with Crippen molar-refractivity contribution in [3.05, 3.63) is 107 Å². The second kappa shape index (κ2) is 8.17. The molecule has 5 nitrogen and oxygen atoms in total. The number of aliphatic hydroxyl groups excluding tert-OH is 1. The molecular weight excluding hydrogens is 412 g/mol. The molecule has 1 fully saturated rings. The first-order valence-corrected chi connectivity index (χ1v) is 10.6. The number of halogens is 1. The number of carbonyl (C=O) groups excluding carboxylic acids is 1. The highest BCUT2D eigenvalue weighted by molar-refractivity contribution is 6.30. The van der Waals surface area contributed by atoms with Crippen LogP contribution in [0.1, 0.15) is 22.6 Å². The zero-order valence-electron chi connectivity index (χ0n) is 16.6. The topological polar surface area (TPSA) is 62.1 Å². The monoisotopic (exact) mass is 432 g/mol. The van der Waals surface area contributed by atoms with Crippen LogP contribution in [0.5, 0.6) is 0 Å². The van der Waals surface area contributed by atoms with Crippen molar-refractivity contribution in [2.75, 3.05) is 6.54 Å². The summed E-state index contributed by atoms with van der Waals surface area (Å²) in [7, 11) is 0. The fourth-order valence-electron chi connectivity index (χ4n) is 4.38. The first-order valence-electron chi connectivity index (χ1n) is 10.2. The molecule has 31 heavy (non-hydrogen) atoms. The van der Waals surface area contributed by atoms with E-state index in [0.29, 0.717) is 17.3 Å². The third-order valence-corrected chi connectivity index (χ3v) is 6.23. The maximum atomic E-state index is 13.4. The molecule has 0 aliphatic carbocycles. The van der Waals surface area contributed by atoms with Gasteiger partial charge in [0.2, 0.25) is 5.91 Å². The van der Waals surface area contributed by atoms with Crippen molar-refractivity contribution in [3.8, 4) is 0 Å². The first kappa shape index (κ1) is 19.8. The minimum absolute atomic E-state index is 0.0734. The highest BCUT2D eigenvalue weighted by Gasteiger charge is 2.55. The van der Waals surface area contributed by atoms with Gasteiger partial charge >= 0.3 is 0 Å². The van der Waals surface area contributed by atoms with E-state index in [2.05, 4.69) is 5.16 Å². The quantitative estimate of drug-likeness (QED) is 0.661. The molecule has 6 heteroatoms. The van der Waals surface area contributed by atoms with Crippen molar-refractivity contribution < 1.29 is 14.7 Å². The lowest BCUT2D eigenvalue weighted by Crippen LogP contribution is -2.40. The largest absolute Gasteiger partial charge is 0.386 e. The van der Waals surface area contributed by atoms with Gasteiger partial charge in [0.15, 0.2) is 12.3 Å². The lowest BCUT2D eigenvalue weighted by atomic mass is 9.90. The van der Waals surface area contributed by atoms with Crippen molar-refractivity contribution in [3.63, 3.8) is 0 Å². The number of amides is 1. The van der Waals surface area contributed by atoms with Gasteiger partial charge in [0.1, 0.15) is 11.6 Å². The van der Waals surface area contributed by atoms with Crippen LogP contribution in [0.15, 0.2) is 90.1 Å². The second-order valence-corrected chi connectivity index (χ2v) is 8.25. The van der Waals surface area contributed by atoms with Crippen LogP contribution < -0.4 is 0 Å². The molecule has 5 rings (SSSR count). The van der Waals surface area contributed by atoms with Gasteiger partial charge in [-0.15, -0.1) is 0 Å². The van der Waals surface area contributed by atoms with Crippen LogP contribution in [-0.2, 0) is 9.63 Å². The third-order valence-electron chi connectivity index (χ3n) is 5.98. The van der Waals surface area contributed by atoms with Gasteiger partial charge in [-0.1, -0.05) is 89.6 Å². The molecule has 0 bridgehead atoms. The number of aliphatic hydroxyl groups is 1. The van der Waals surface area contributed by atoms with Gasteiger partial charge in [0.25, 0.3) is 0 Å². The zero-order chi connectivity index (χ0) is 21.4. The molecule has 3 atom stereocenters. The zero-order valence-corrected chi connectivity index (χ0v) is 17.4. The molecule has 1 amide bonds. The molecule has 1 N–H and O–H groups in total. The number of likely N-dealkylation sites (tertiary alicyclic amines) is 1. The van der Waals surface area contributed by atoms with Crippen LogP contribution in [0.4, 0.5) is 0 Å². The molecule has 2 aliphatic heterocycles. The predicted octanol–water partition coefficient (Wildman–Crippen LogP) is 4.05. The molecule has 0 spiro atoms. The smallest absolute Gasteiger partial charge is 0.238 e. The van der Waals surface area contributed by atoms with E-state index in [1.54, 1.807) is 12.1 Å². The van der Waals surface area contributed by atoms with Gasteiger partial charge in [-0.25, -0.2) is 0 Å². The van der Waals surface area contributed by atoms with Crippen molar-refractivity contribution >= 4 is 23.2 Å². The normalized spacial score (nSPS) is 22.4. The maximum absolute atomic E-state index is 13.4. The Balaban J connectivity index is 1.45. The van der Waals surface area contributed by atoms with E-state index in [1.165, 1.54) is 4.90 Å². The number of hydrogen-bond donors (Lipinski definition) is 1. The SMILES string of the molecule is O=C1[C@H]2C(c3ccc(Cl)cc3)=NO[C@H]2[C@@H](O)N1CC(c1ccccc1)c1ccccc1. The van der Waals surface area contributed by atoms with Crippen molar-refractivity contribution in [2.24, 2.45) is 11.1 Å². The summed E-state index contributed by atoms with van der Waals surface area (Å²) in [5.41, 5.74) is 3.46. The van der Waals surface area contributed by atoms with Crippen LogP contribution >= 0.6 is 11.6 Å². The highest BCUT2D eigenvalue weighted by atomic mass is 35.5. The summed E-state index contributed by atoms with van der Waals surface area (Å²) in [4.78, 5) is 20.5. The molecule has 3 aromatic rings. The Morgan fingerprint density at radius 3 is 2.10 bits per heavy atom. The van der Waals surface area contributed by atoms with E-state index in [-0.39, 0.29) is 11.8 Å². The number of nitrogens with zero attached hydrogens (tertiary/aromatic N) is 2. The lowest BCUT2D eigenvalue weighted by Gasteiger charge is -2.28. The number of oxime groups is 1. The Morgan fingerprint density at radius 2 is 1.52 bits per heavy atom. The molecule has 156 valence electrons. The molecule has 0 saturated carbocycles. The van der Waals surface area contributed by atoms with Crippen LogP contribution in [0.3, 0.4) is 0 Å². The molecule has 0 radical (unpaired) electrons. The van der Waals surface area contributed by atoms with Crippen molar-refractivity contribution in [1.82, 2.24) is 4.90 Å². The number of rotatable bonds is 5. The standard InChI is InChI=1S/C25H21ClN2O3/c26-19-13-11-18(12-14-19)22-21-23(31-27-22)25(30)28(24(21)29)15-20(16-7-3-1-4-8-16)17-9-5-2-6-10-17/h1-14,20-21,23,25,30H,15H2/t21-,23+,25+/m0/s1. The fraction of sp³-hybridized carbons (Fsp3) is 0.200. The number of hydrogen-bond acceptors (Lipinski definition) is 4. The van der Waals surface area contributed by atoms with E-state index in [9.17, 15) is 9.90 Å². The minimum Gasteiger partial charge on any atom is -0.386 e. The summed E-state index contributed by atoms with van der Waals surface area (Å²) in [6, 6.07) is 27.2. The van der Waals surface area contributed by atoms with Gasteiger partial charge in [-0.2, -0.15) is 0 Å². The molecule has 1 saturated heterocycles. The van der Waals surface area contributed by atoms with Crippen LogP contribution in [0, 0.1) is 5.92 Å². The molecule has 3 aromatic carbocycles. The van der Waals surface area contributed by atoms with Crippen LogP contribution in [0.2, 0.25) is 5.02 Å². The lowest BCUT2D eigenvalue weighted by molar-refractivity contribution is -0.135. The Bertz CT molecular complexity index is 1060. The Morgan fingerprint density at radius 1 is 0.935 bits per heavy atom. The summed E-state index contributed by atoms with van der Waals surface area (Å²) in [6.45, 7) is 0.346. The van der Waals surface area contributed by atoms with E-state index in [1.807, 2.05) is 72.8 Å². The van der Waals surface area contributed by atoms with Crippen LogP contribution in [-0.4, -0.2) is 40.5 Å². The Hall–Kier alpha value is -3.15. The molecule has 2 aliphatic rings. The van der Waals surface area contributed by atoms with Crippen molar-refractivity contribution in [1.29, 1.82) is 0 Å². The Labute approximate surface area is 185 Å². The molecule has 0 unspecified atom stereocenters. The summed E-state index contributed by atoms with van der Waals surface area (Å²) in [6.07, 6.45) is -1.79. The Kier molecular flexibility index (Phi) is 5.22. The molecule has 0 aromatic heterocycles. The predicted molar refractivity (Wildman–Crippen MR) is 119 cm³/mol. The summed E-state index contributed by atoms with van der Waals surface area (Å²) >= 11 is 5.99. The van der Waals surface area contributed by atoms with Gasteiger partial charge in [-0.05, 0) is 23.3 Å². The average Bonchev–Trinajstić information content (AvgIpc) is 3.34. The van der Waals surface area contributed by atoms with E-state index < -0.39 is 18.2 Å². The van der Waals surface area contributed by atoms with Crippen molar-refractivity contribution in [2.45, 2.75) is 18.2 Å². The minimum atomic E-state index is -1.07. The van der Waals surface area contributed by atoms with E-state index in [0.717, 1.165) is 16.7 Å². The maximum Gasteiger partial charge on any atom is 0.238 e. The molecular formula is C25H21ClN2O3. The highest BCUT2D eigenvalue weighted by Crippen LogP contribution is 2.37. The fourth-order valence-corrected chi connectivity index (χ4v) is 4.51. The van der Waals surface area contributed by atoms with Gasteiger partial charge < -0.3 is 14.8 Å². The number of fused-ring (bicyclic) bond motifs is 1.